The van der Waals surface area contributed by atoms with Crippen molar-refractivity contribution in [1.29, 1.82) is 0 Å². The summed E-state index contributed by atoms with van der Waals surface area (Å²) in [5, 5.41) is 7.53. The lowest BCUT2D eigenvalue weighted by molar-refractivity contribution is -0.105. The van der Waals surface area contributed by atoms with Gasteiger partial charge in [-0.15, -0.1) is 5.10 Å². The van der Waals surface area contributed by atoms with E-state index < -0.39 is 15.2 Å². The van der Waals surface area contributed by atoms with Crippen molar-refractivity contribution in [3.05, 3.63) is 28.2 Å². The summed E-state index contributed by atoms with van der Waals surface area (Å²) in [6.07, 6.45) is 0.364. The Morgan fingerprint density at radius 3 is 2.80 bits per heavy atom. The number of carbonyl (C=O) groups is 1. The highest BCUT2D eigenvalue weighted by Crippen LogP contribution is 2.21. The van der Waals surface area contributed by atoms with Crippen LogP contribution in [0.3, 0.4) is 0 Å². The van der Waals surface area contributed by atoms with Gasteiger partial charge in [-0.25, -0.2) is 5.10 Å². The van der Waals surface area contributed by atoms with Crippen molar-refractivity contribution in [3.8, 4) is 0 Å². The largest absolute Gasteiger partial charge is 0.299 e. The summed E-state index contributed by atoms with van der Waals surface area (Å²) in [4.78, 5) is 13.9. The molecule has 106 valence electrons. The molecule has 0 aliphatic carbocycles. The highest BCUT2D eigenvalue weighted by Gasteiger charge is 2.20. The first kappa shape index (κ1) is 14.5. The van der Waals surface area contributed by atoms with Crippen LogP contribution in [-0.2, 0) is 14.8 Å². The third-order valence-electron chi connectivity index (χ3n) is 2.31. The monoisotopic (exact) mass is 359 g/mol. The van der Waals surface area contributed by atoms with E-state index in [-0.39, 0.29) is 5.95 Å². The number of aryl methyl sites for hydroxylation is 1. The number of halogens is 1. The molecule has 0 bridgehead atoms. The number of H-pyrrole nitrogens is 1. The quantitative estimate of drug-likeness (QED) is 0.694. The second kappa shape index (κ2) is 5.59. The Hall–Kier alpha value is -1.94. The number of anilines is 2. The van der Waals surface area contributed by atoms with Crippen LogP contribution in [0.5, 0.6) is 0 Å². The first-order valence-electron chi connectivity index (χ1n) is 5.34. The van der Waals surface area contributed by atoms with Crippen molar-refractivity contribution >= 4 is 44.0 Å². The molecular formula is C10H10BrN5O3S. The zero-order chi connectivity index (χ0) is 14.8. The van der Waals surface area contributed by atoms with Gasteiger partial charge in [0.05, 0.1) is 0 Å². The minimum absolute atomic E-state index is 0.0487. The number of aromatic nitrogens is 3. The molecule has 1 aromatic carbocycles. The van der Waals surface area contributed by atoms with E-state index in [0.717, 1.165) is 10.0 Å². The van der Waals surface area contributed by atoms with Crippen molar-refractivity contribution < 1.29 is 13.2 Å². The normalized spacial score (nSPS) is 11.1. The highest BCUT2D eigenvalue weighted by atomic mass is 79.9. The molecule has 0 saturated carbocycles. The first-order chi connectivity index (χ1) is 9.42. The summed E-state index contributed by atoms with van der Waals surface area (Å²) in [6.45, 7) is 1.83. The number of hydrogen-bond donors (Lipinski definition) is 3. The number of aromatic amines is 1. The van der Waals surface area contributed by atoms with E-state index in [1.807, 2.05) is 6.92 Å². The summed E-state index contributed by atoms with van der Waals surface area (Å²) in [5.74, 6) is -0.0487. The van der Waals surface area contributed by atoms with Gasteiger partial charge in [0.1, 0.15) is 0 Å². The van der Waals surface area contributed by atoms with Gasteiger partial charge in [0.15, 0.2) is 0 Å². The second-order valence-corrected chi connectivity index (χ2v) is 6.23. The molecule has 1 aromatic heterocycles. The molecule has 0 spiro atoms. The third-order valence-corrected chi connectivity index (χ3v) is 4.37. The molecule has 8 nitrogen and oxygen atoms in total. The number of nitrogens with zero attached hydrogens (tertiary/aromatic N) is 2. The fraction of sp³-hybridized carbons (Fsp3) is 0.100. The molecule has 0 unspecified atom stereocenters. The number of benzene rings is 1. The molecule has 10 heteroatoms. The Balaban J connectivity index is 2.25. The van der Waals surface area contributed by atoms with E-state index >= 15 is 0 Å². The molecular weight excluding hydrogens is 350 g/mol. The maximum absolute atomic E-state index is 12.0. The lowest BCUT2D eigenvalue weighted by atomic mass is 10.2. The Kier molecular flexibility index (Phi) is 4.04. The number of carbonyl (C=O) groups excluding carboxylic acids is 1. The Bertz CT molecular complexity index is 743. The zero-order valence-corrected chi connectivity index (χ0v) is 12.6. The van der Waals surface area contributed by atoms with E-state index in [2.05, 4.69) is 41.2 Å². The van der Waals surface area contributed by atoms with Gasteiger partial charge >= 0.3 is 0 Å². The molecule has 0 fully saturated rings. The van der Waals surface area contributed by atoms with E-state index in [0.29, 0.717) is 12.1 Å². The van der Waals surface area contributed by atoms with Crippen molar-refractivity contribution in [3.63, 3.8) is 0 Å². The predicted octanol–water partition coefficient (Wildman–Crippen LogP) is 1.24. The minimum atomic E-state index is -3.92. The van der Waals surface area contributed by atoms with E-state index in [1.165, 1.54) is 0 Å². The van der Waals surface area contributed by atoms with Crippen molar-refractivity contribution in [2.75, 3.05) is 10.0 Å². The summed E-state index contributed by atoms with van der Waals surface area (Å²) in [5.41, 5.74) is 1.27. The Morgan fingerprint density at radius 1 is 1.40 bits per heavy atom. The van der Waals surface area contributed by atoms with E-state index in [9.17, 15) is 13.2 Å². The molecule has 0 radical (unpaired) electrons. The number of hydrogen-bond acceptors (Lipinski definition) is 5. The zero-order valence-electron chi connectivity index (χ0n) is 10.2. The van der Waals surface area contributed by atoms with Crippen molar-refractivity contribution in [2.45, 2.75) is 12.1 Å². The lowest BCUT2D eigenvalue weighted by Crippen LogP contribution is -2.14. The molecule has 3 N–H and O–H groups in total. The first-order valence-corrected chi connectivity index (χ1v) is 7.61. The Morgan fingerprint density at radius 2 is 2.15 bits per heavy atom. The molecule has 1 heterocycles. The standard InChI is InChI=1S/C10H10BrN5O3S/c1-6-4-7(2-3-8(6)11)16-20(18,19)10-13-9(12-5-17)14-15-10/h2-5,16H,1H3,(H2,12,13,14,15,17). The molecule has 20 heavy (non-hydrogen) atoms. The fourth-order valence-corrected chi connectivity index (χ4v) is 2.55. The van der Waals surface area contributed by atoms with Crippen LogP contribution in [0.2, 0.25) is 0 Å². The van der Waals surface area contributed by atoms with Crippen LogP contribution < -0.4 is 10.0 Å². The summed E-state index contributed by atoms with van der Waals surface area (Å²) in [6, 6.07) is 5.00. The topological polar surface area (TPSA) is 117 Å². The van der Waals surface area contributed by atoms with Crippen LogP contribution in [0, 0.1) is 6.92 Å². The smallest absolute Gasteiger partial charge is 0.298 e. The van der Waals surface area contributed by atoms with Crippen LogP contribution in [0.25, 0.3) is 0 Å². The predicted molar refractivity (Wildman–Crippen MR) is 75.8 cm³/mol. The average molecular weight is 360 g/mol. The molecule has 1 amide bonds. The maximum Gasteiger partial charge on any atom is 0.299 e. The molecule has 2 aromatic rings. The van der Waals surface area contributed by atoms with Gasteiger partial charge in [-0.1, -0.05) is 15.9 Å². The minimum Gasteiger partial charge on any atom is -0.298 e. The fourth-order valence-electron chi connectivity index (χ4n) is 1.40. The number of sulfonamides is 1. The van der Waals surface area contributed by atoms with Crippen LogP contribution >= 0.6 is 15.9 Å². The molecule has 2 rings (SSSR count). The van der Waals surface area contributed by atoms with Gasteiger partial charge in [0.2, 0.25) is 12.4 Å². The molecule has 0 atom stereocenters. The van der Waals surface area contributed by atoms with Gasteiger partial charge in [-0.2, -0.15) is 13.4 Å². The number of rotatable bonds is 5. The number of amides is 1. The summed E-state index contributed by atoms with van der Waals surface area (Å²) >= 11 is 3.33. The summed E-state index contributed by atoms with van der Waals surface area (Å²) < 4.78 is 27.3. The van der Waals surface area contributed by atoms with Gasteiger partial charge in [-0.05, 0) is 30.7 Å². The number of nitrogens with one attached hydrogen (secondary N) is 3. The van der Waals surface area contributed by atoms with Crippen LogP contribution in [0.15, 0.2) is 27.8 Å². The second-order valence-electron chi connectivity index (χ2n) is 3.80. The summed E-state index contributed by atoms with van der Waals surface area (Å²) in [7, 11) is -3.92. The molecule has 0 saturated heterocycles. The van der Waals surface area contributed by atoms with Gasteiger partial charge in [-0.3, -0.25) is 14.8 Å². The van der Waals surface area contributed by atoms with E-state index in [1.54, 1.807) is 18.2 Å². The van der Waals surface area contributed by atoms with Crippen LogP contribution in [-0.4, -0.2) is 30.0 Å². The average Bonchev–Trinajstić information content (AvgIpc) is 2.83. The van der Waals surface area contributed by atoms with Crippen molar-refractivity contribution in [2.24, 2.45) is 0 Å². The van der Waals surface area contributed by atoms with Crippen LogP contribution in [0.1, 0.15) is 5.56 Å². The highest BCUT2D eigenvalue weighted by molar-refractivity contribution is 9.10. The van der Waals surface area contributed by atoms with Gasteiger partial charge < -0.3 is 0 Å². The molecule has 0 aliphatic rings. The Labute approximate surface area is 123 Å². The van der Waals surface area contributed by atoms with Gasteiger partial charge in [0, 0.05) is 10.2 Å². The van der Waals surface area contributed by atoms with E-state index in [4.69, 9.17) is 0 Å². The maximum atomic E-state index is 12.0. The molecule has 0 aliphatic heterocycles. The lowest BCUT2D eigenvalue weighted by Gasteiger charge is -2.06. The van der Waals surface area contributed by atoms with Gasteiger partial charge in [0.25, 0.3) is 15.2 Å². The SMILES string of the molecule is Cc1cc(NS(=O)(=O)c2n[nH]c(NC=O)n2)ccc1Br. The third kappa shape index (κ3) is 3.14. The van der Waals surface area contributed by atoms with Crippen LogP contribution in [0.4, 0.5) is 11.6 Å². The van der Waals surface area contributed by atoms with Crippen molar-refractivity contribution in [1.82, 2.24) is 15.2 Å².